The second-order valence-electron chi connectivity index (χ2n) is 6.35. The van der Waals surface area contributed by atoms with Crippen LogP contribution in [-0.4, -0.2) is 37.2 Å². The number of rotatable bonds is 4. The minimum absolute atomic E-state index is 0. The zero-order valence-electron chi connectivity index (χ0n) is 14.3. The Bertz CT molecular complexity index is 899. The summed E-state index contributed by atoms with van der Waals surface area (Å²) in [6, 6.07) is 0.0875. The standard InChI is InChI=1S/C15H22N6O3.ClH/c1-19-13-12(14(23)20(2)15(19)24)21(8-17-13)7-11(22)18-10-5-3-4-9(10)6-16;/h8-10H,3-7,16H2,1-2H3,(H,18,22);1H. The molecule has 2 heterocycles. The second kappa shape index (κ2) is 7.40. The Morgan fingerprint density at radius 3 is 2.72 bits per heavy atom. The van der Waals surface area contributed by atoms with Crippen LogP contribution < -0.4 is 22.3 Å². The molecule has 0 bridgehead atoms. The number of carbonyl (C=O) groups excluding carboxylic acids is 1. The fourth-order valence-electron chi connectivity index (χ4n) is 3.43. The van der Waals surface area contributed by atoms with Gasteiger partial charge in [0.25, 0.3) is 5.56 Å². The van der Waals surface area contributed by atoms with Crippen molar-refractivity contribution < 1.29 is 4.79 Å². The van der Waals surface area contributed by atoms with Crippen LogP contribution in [-0.2, 0) is 25.4 Å². The molecule has 1 aliphatic carbocycles. The molecule has 25 heavy (non-hydrogen) atoms. The molecule has 2 aromatic rings. The van der Waals surface area contributed by atoms with Gasteiger partial charge in [-0.15, -0.1) is 12.4 Å². The zero-order chi connectivity index (χ0) is 17.4. The summed E-state index contributed by atoms with van der Waals surface area (Å²) in [5, 5.41) is 3.00. The summed E-state index contributed by atoms with van der Waals surface area (Å²) in [7, 11) is 2.96. The third-order valence-electron chi connectivity index (χ3n) is 4.84. The number of aromatic nitrogens is 4. The fraction of sp³-hybridized carbons (Fsp3) is 0.600. The number of fused-ring (bicyclic) bond motifs is 1. The van der Waals surface area contributed by atoms with E-state index in [4.69, 9.17) is 5.73 Å². The quantitative estimate of drug-likeness (QED) is 0.723. The molecule has 3 rings (SSSR count). The van der Waals surface area contributed by atoms with Gasteiger partial charge in [0.2, 0.25) is 5.91 Å². The lowest BCUT2D eigenvalue weighted by atomic mass is 10.0. The maximum absolute atomic E-state index is 12.3. The number of carbonyl (C=O) groups is 1. The first-order chi connectivity index (χ1) is 11.4. The number of amides is 1. The zero-order valence-corrected chi connectivity index (χ0v) is 15.1. The highest BCUT2D eigenvalue weighted by Crippen LogP contribution is 2.24. The van der Waals surface area contributed by atoms with Gasteiger partial charge >= 0.3 is 5.69 Å². The molecule has 2 atom stereocenters. The average Bonchev–Trinajstić information content (AvgIpc) is 3.17. The van der Waals surface area contributed by atoms with Crippen LogP contribution in [0.4, 0.5) is 0 Å². The first-order valence-corrected chi connectivity index (χ1v) is 8.04. The molecule has 0 spiro atoms. The van der Waals surface area contributed by atoms with Crippen molar-refractivity contribution in [3.8, 4) is 0 Å². The van der Waals surface area contributed by atoms with E-state index in [0.717, 1.165) is 23.8 Å². The van der Waals surface area contributed by atoms with Gasteiger partial charge in [0, 0.05) is 20.1 Å². The van der Waals surface area contributed by atoms with Crippen molar-refractivity contribution in [2.45, 2.75) is 31.8 Å². The van der Waals surface area contributed by atoms with Crippen LogP contribution in [0.1, 0.15) is 19.3 Å². The third kappa shape index (κ3) is 3.34. The molecule has 1 saturated carbocycles. The van der Waals surface area contributed by atoms with Crippen molar-refractivity contribution in [2.24, 2.45) is 25.7 Å². The molecule has 1 aliphatic rings. The van der Waals surface area contributed by atoms with E-state index in [1.807, 2.05) is 0 Å². The Balaban J connectivity index is 0.00000225. The van der Waals surface area contributed by atoms with Gasteiger partial charge in [0.1, 0.15) is 6.54 Å². The molecule has 0 aliphatic heterocycles. The highest BCUT2D eigenvalue weighted by atomic mass is 35.5. The Labute approximate surface area is 150 Å². The smallest absolute Gasteiger partial charge is 0.332 e. The molecule has 2 unspecified atom stereocenters. The number of hydrogen-bond acceptors (Lipinski definition) is 5. The molecule has 0 aromatic carbocycles. The van der Waals surface area contributed by atoms with E-state index < -0.39 is 11.2 Å². The van der Waals surface area contributed by atoms with Crippen LogP contribution in [0.5, 0.6) is 0 Å². The lowest BCUT2D eigenvalue weighted by Gasteiger charge is -2.19. The molecular formula is C15H23ClN6O3. The summed E-state index contributed by atoms with van der Waals surface area (Å²) in [5.41, 5.74) is 5.35. The van der Waals surface area contributed by atoms with E-state index in [0.29, 0.717) is 12.5 Å². The Kier molecular flexibility index (Phi) is 5.69. The lowest BCUT2D eigenvalue weighted by molar-refractivity contribution is -0.122. The van der Waals surface area contributed by atoms with Crippen molar-refractivity contribution in [3.63, 3.8) is 0 Å². The number of aryl methyl sites for hydroxylation is 1. The summed E-state index contributed by atoms with van der Waals surface area (Å²) in [5.74, 6) is 0.123. The van der Waals surface area contributed by atoms with Gasteiger partial charge in [0.15, 0.2) is 11.2 Å². The maximum Gasteiger partial charge on any atom is 0.332 e. The van der Waals surface area contributed by atoms with Crippen LogP contribution >= 0.6 is 12.4 Å². The molecule has 2 aromatic heterocycles. The number of imidazole rings is 1. The summed E-state index contributed by atoms with van der Waals surface area (Å²) in [6.45, 7) is 0.541. The van der Waals surface area contributed by atoms with Gasteiger partial charge in [-0.25, -0.2) is 9.78 Å². The molecule has 0 radical (unpaired) electrons. The minimum Gasteiger partial charge on any atom is -0.351 e. The predicted molar refractivity (Wildman–Crippen MR) is 95.8 cm³/mol. The van der Waals surface area contributed by atoms with Crippen molar-refractivity contribution in [3.05, 3.63) is 27.2 Å². The van der Waals surface area contributed by atoms with Gasteiger partial charge in [-0.2, -0.15) is 0 Å². The molecule has 1 amide bonds. The fourth-order valence-corrected chi connectivity index (χ4v) is 3.43. The highest BCUT2D eigenvalue weighted by molar-refractivity contribution is 5.85. The van der Waals surface area contributed by atoms with Crippen LogP contribution in [0.15, 0.2) is 15.9 Å². The van der Waals surface area contributed by atoms with Crippen LogP contribution in [0.25, 0.3) is 11.2 Å². The van der Waals surface area contributed by atoms with E-state index >= 15 is 0 Å². The normalized spacial score (nSPS) is 19.8. The number of nitrogens with two attached hydrogens (primary N) is 1. The summed E-state index contributed by atoms with van der Waals surface area (Å²) in [6.07, 6.45) is 4.43. The maximum atomic E-state index is 12.3. The SMILES string of the molecule is Cl.Cn1c(=O)c2c(ncn2CC(=O)NC2CCCC2CN)n(C)c1=O. The lowest BCUT2D eigenvalue weighted by Crippen LogP contribution is -2.42. The molecule has 0 saturated heterocycles. The number of halogens is 1. The summed E-state index contributed by atoms with van der Waals surface area (Å²) >= 11 is 0. The number of hydrogen-bond donors (Lipinski definition) is 2. The van der Waals surface area contributed by atoms with Crippen molar-refractivity contribution in [1.82, 2.24) is 24.0 Å². The largest absolute Gasteiger partial charge is 0.351 e. The van der Waals surface area contributed by atoms with Gasteiger partial charge in [0.05, 0.1) is 6.33 Å². The van der Waals surface area contributed by atoms with E-state index in [1.54, 1.807) is 7.05 Å². The van der Waals surface area contributed by atoms with E-state index in [2.05, 4.69) is 10.3 Å². The topological polar surface area (TPSA) is 117 Å². The average molecular weight is 371 g/mol. The van der Waals surface area contributed by atoms with Crippen molar-refractivity contribution in [1.29, 1.82) is 0 Å². The Morgan fingerprint density at radius 1 is 1.32 bits per heavy atom. The number of nitrogens with zero attached hydrogens (tertiary/aromatic N) is 4. The molecule has 10 heteroatoms. The Morgan fingerprint density at radius 2 is 2.04 bits per heavy atom. The van der Waals surface area contributed by atoms with Gasteiger partial charge < -0.3 is 15.6 Å². The number of nitrogens with one attached hydrogen (secondary N) is 1. The molecular weight excluding hydrogens is 348 g/mol. The molecule has 9 nitrogen and oxygen atoms in total. The molecule has 138 valence electrons. The predicted octanol–water partition coefficient (Wildman–Crippen LogP) is -0.901. The second-order valence-corrected chi connectivity index (χ2v) is 6.35. The summed E-state index contributed by atoms with van der Waals surface area (Å²) in [4.78, 5) is 40.7. The molecule has 1 fully saturated rings. The monoisotopic (exact) mass is 370 g/mol. The molecule has 3 N–H and O–H groups in total. The Hall–Kier alpha value is -2.13. The van der Waals surface area contributed by atoms with E-state index in [1.165, 1.54) is 22.5 Å². The van der Waals surface area contributed by atoms with Crippen LogP contribution in [0.3, 0.4) is 0 Å². The van der Waals surface area contributed by atoms with Gasteiger partial charge in [-0.05, 0) is 25.3 Å². The van der Waals surface area contributed by atoms with E-state index in [-0.39, 0.29) is 42.1 Å². The van der Waals surface area contributed by atoms with Crippen LogP contribution in [0, 0.1) is 5.92 Å². The first-order valence-electron chi connectivity index (χ1n) is 8.04. The van der Waals surface area contributed by atoms with Crippen LogP contribution in [0.2, 0.25) is 0 Å². The van der Waals surface area contributed by atoms with Crippen molar-refractivity contribution in [2.75, 3.05) is 6.54 Å². The highest BCUT2D eigenvalue weighted by Gasteiger charge is 2.27. The first kappa shape index (κ1) is 19.2. The minimum atomic E-state index is -0.459. The summed E-state index contributed by atoms with van der Waals surface area (Å²) < 4.78 is 3.80. The van der Waals surface area contributed by atoms with E-state index in [9.17, 15) is 14.4 Å². The van der Waals surface area contributed by atoms with Gasteiger partial charge in [-0.3, -0.25) is 18.7 Å². The third-order valence-corrected chi connectivity index (χ3v) is 4.84. The van der Waals surface area contributed by atoms with Gasteiger partial charge in [-0.1, -0.05) is 6.42 Å². The van der Waals surface area contributed by atoms with Crippen molar-refractivity contribution >= 4 is 29.5 Å².